The highest BCUT2D eigenvalue weighted by atomic mass is 16.5. The predicted octanol–water partition coefficient (Wildman–Crippen LogP) is 2.86. The summed E-state index contributed by atoms with van der Waals surface area (Å²) >= 11 is 0. The van der Waals surface area contributed by atoms with Crippen LogP contribution in [0.5, 0.6) is 5.75 Å². The van der Waals surface area contributed by atoms with Gasteiger partial charge >= 0.3 is 0 Å². The van der Waals surface area contributed by atoms with Gasteiger partial charge in [0.2, 0.25) is 5.91 Å². The topological polar surface area (TPSA) is 74.8 Å². The minimum Gasteiger partial charge on any atom is -0.497 e. The number of carbonyl (C=O) groups excluding carboxylic acids is 2. The maximum Gasteiger partial charge on any atom is 0.254 e. The number of hydrogen-bond donors (Lipinski definition) is 1. The van der Waals surface area contributed by atoms with Gasteiger partial charge in [0.1, 0.15) is 11.6 Å². The Balaban J connectivity index is 1.29. The minimum absolute atomic E-state index is 0.00345. The monoisotopic (exact) mass is 422 g/mol. The molecule has 7 nitrogen and oxygen atoms in total. The van der Waals surface area contributed by atoms with Crippen LogP contribution in [0.3, 0.4) is 0 Å². The fourth-order valence-corrected chi connectivity index (χ4v) is 4.31. The Kier molecular flexibility index (Phi) is 6.70. The van der Waals surface area contributed by atoms with Crippen molar-refractivity contribution in [2.45, 2.75) is 32.2 Å². The van der Waals surface area contributed by atoms with Crippen molar-refractivity contribution < 1.29 is 14.3 Å². The molecule has 2 aliphatic rings. The van der Waals surface area contributed by atoms with Crippen molar-refractivity contribution in [1.29, 1.82) is 0 Å². The summed E-state index contributed by atoms with van der Waals surface area (Å²) in [6.07, 6.45) is 5.42. The first-order valence-electron chi connectivity index (χ1n) is 11.0. The van der Waals surface area contributed by atoms with Gasteiger partial charge in [0, 0.05) is 50.4 Å². The van der Waals surface area contributed by atoms with Gasteiger partial charge in [-0.3, -0.25) is 9.59 Å². The number of methoxy groups -OCH3 is 1. The van der Waals surface area contributed by atoms with Crippen molar-refractivity contribution in [3.63, 3.8) is 0 Å². The van der Waals surface area contributed by atoms with E-state index < -0.39 is 0 Å². The van der Waals surface area contributed by atoms with Crippen molar-refractivity contribution >= 4 is 17.6 Å². The van der Waals surface area contributed by atoms with E-state index in [0.29, 0.717) is 12.1 Å². The average Bonchev–Trinajstić information content (AvgIpc) is 3.37. The average molecular weight is 423 g/mol. The third kappa shape index (κ3) is 5.16. The van der Waals surface area contributed by atoms with Crippen LogP contribution >= 0.6 is 0 Å². The normalized spacial score (nSPS) is 16.9. The van der Waals surface area contributed by atoms with Crippen LogP contribution in [0.25, 0.3) is 0 Å². The van der Waals surface area contributed by atoms with Crippen molar-refractivity contribution in [2.24, 2.45) is 5.92 Å². The first kappa shape index (κ1) is 21.2. The Morgan fingerprint density at radius 2 is 1.87 bits per heavy atom. The Morgan fingerprint density at radius 3 is 2.61 bits per heavy atom. The number of benzene rings is 1. The van der Waals surface area contributed by atoms with Crippen molar-refractivity contribution in [3.05, 3.63) is 53.7 Å². The van der Waals surface area contributed by atoms with E-state index >= 15 is 0 Å². The number of nitrogens with one attached hydrogen (secondary N) is 1. The molecule has 31 heavy (non-hydrogen) atoms. The number of ether oxygens (including phenoxy) is 1. The number of likely N-dealkylation sites (tertiary alicyclic amines) is 1. The van der Waals surface area contributed by atoms with Crippen LogP contribution in [0, 0.1) is 5.92 Å². The van der Waals surface area contributed by atoms with E-state index in [1.54, 1.807) is 19.4 Å². The summed E-state index contributed by atoms with van der Waals surface area (Å²) < 4.78 is 5.24. The second-order valence-electron chi connectivity index (χ2n) is 8.23. The lowest BCUT2D eigenvalue weighted by Gasteiger charge is -2.32. The van der Waals surface area contributed by atoms with Crippen LogP contribution in [0.1, 0.15) is 41.6 Å². The van der Waals surface area contributed by atoms with E-state index in [2.05, 4.69) is 15.2 Å². The molecule has 3 heterocycles. The summed E-state index contributed by atoms with van der Waals surface area (Å²) in [5, 5.41) is 3.05. The molecular weight excluding hydrogens is 392 g/mol. The molecule has 4 rings (SSSR count). The zero-order chi connectivity index (χ0) is 21.6. The Hall–Kier alpha value is -3.09. The van der Waals surface area contributed by atoms with Gasteiger partial charge in [-0.1, -0.05) is 12.1 Å². The molecule has 0 saturated carbocycles. The van der Waals surface area contributed by atoms with E-state index in [4.69, 9.17) is 4.74 Å². The maximum atomic E-state index is 12.7. The Labute approximate surface area is 183 Å². The lowest BCUT2D eigenvalue weighted by atomic mass is 9.95. The van der Waals surface area contributed by atoms with Gasteiger partial charge in [0.05, 0.1) is 7.11 Å². The third-order valence-electron chi connectivity index (χ3n) is 6.18. The summed E-state index contributed by atoms with van der Waals surface area (Å²) in [6.45, 7) is 3.69. The SMILES string of the molecule is COc1cccc(CNC(=O)C2CCN(c3cc(C(=O)N4CCCC4)ccn3)CC2)c1. The molecule has 0 unspecified atom stereocenters. The predicted molar refractivity (Wildman–Crippen MR) is 119 cm³/mol. The molecule has 2 amide bonds. The molecule has 0 bridgehead atoms. The first-order valence-corrected chi connectivity index (χ1v) is 11.0. The summed E-state index contributed by atoms with van der Waals surface area (Å²) in [7, 11) is 1.64. The fourth-order valence-electron chi connectivity index (χ4n) is 4.31. The summed E-state index contributed by atoms with van der Waals surface area (Å²) in [4.78, 5) is 33.9. The van der Waals surface area contributed by atoms with Crippen LogP contribution < -0.4 is 15.0 Å². The van der Waals surface area contributed by atoms with Crippen molar-refractivity contribution in [3.8, 4) is 5.75 Å². The zero-order valence-electron chi connectivity index (χ0n) is 18.0. The number of hydrogen-bond acceptors (Lipinski definition) is 5. The molecule has 1 aromatic carbocycles. The molecule has 1 aromatic heterocycles. The quantitative estimate of drug-likeness (QED) is 0.775. The standard InChI is InChI=1S/C24H30N4O3/c1-31-21-6-4-5-18(15-21)17-26-23(29)19-8-13-27(14-9-19)22-16-20(7-10-25-22)24(30)28-11-2-3-12-28/h4-7,10,15-16,19H,2-3,8-9,11-14,17H2,1H3,(H,26,29). The molecule has 2 fully saturated rings. The highest BCUT2D eigenvalue weighted by molar-refractivity contribution is 5.95. The summed E-state index contributed by atoms with van der Waals surface area (Å²) in [5.74, 6) is 1.79. The molecule has 2 aliphatic heterocycles. The number of amides is 2. The van der Waals surface area contributed by atoms with Crippen molar-refractivity contribution in [1.82, 2.24) is 15.2 Å². The van der Waals surface area contributed by atoms with Gasteiger partial charge in [-0.2, -0.15) is 0 Å². The second kappa shape index (κ2) is 9.81. The van der Waals surface area contributed by atoms with E-state index in [0.717, 1.165) is 69.0 Å². The summed E-state index contributed by atoms with van der Waals surface area (Å²) in [5.41, 5.74) is 1.72. The van der Waals surface area contributed by atoms with E-state index in [-0.39, 0.29) is 17.7 Å². The highest BCUT2D eigenvalue weighted by Gasteiger charge is 2.26. The van der Waals surface area contributed by atoms with Gasteiger partial charge in [-0.15, -0.1) is 0 Å². The molecule has 0 atom stereocenters. The lowest BCUT2D eigenvalue weighted by molar-refractivity contribution is -0.125. The molecule has 164 valence electrons. The molecule has 7 heteroatoms. The van der Waals surface area contributed by atoms with Crippen LogP contribution in [0.2, 0.25) is 0 Å². The summed E-state index contributed by atoms with van der Waals surface area (Å²) in [6, 6.07) is 11.4. The highest BCUT2D eigenvalue weighted by Crippen LogP contribution is 2.24. The van der Waals surface area contributed by atoms with Gasteiger partial charge in [-0.25, -0.2) is 4.98 Å². The molecule has 2 aromatic rings. The number of piperidine rings is 1. The molecule has 0 spiro atoms. The number of nitrogens with zero attached hydrogens (tertiary/aromatic N) is 3. The molecule has 2 saturated heterocycles. The Morgan fingerprint density at radius 1 is 1.10 bits per heavy atom. The van der Waals surface area contributed by atoms with Crippen molar-refractivity contribution in [2.75, 3.05) is 38.2 Å². The fraction of sp³-hybridized carbons (Fsp3) is 0.458. The van der Waals surface area contributed by atoms with Gasteiger partial charge < -0.3 is 19.9 Å². The number of rotatable bonds is 6. The second-order valence-corrected chi connectivity index (χ2v) is 8.23. The van der Waals surface area contributed by atoms with E-state index in [1.165, 1.54) is 0 Å². The van der Waals surface area contributed by atoms with Crippen LogP contribution in [-0.4, -0.2) is 55.0 Å². The number of pyridine rings is 1. The van der Waals surface area contributed by atoms with Crippen LogP contribution in [-0.2, 0) is 11.3 Å². The van der Waals surface area contributed by atoms with E-state index in [1.807, 2.05) is 35.2 Å². The van der Waals surface area contributed by atoms with Gasteiger partial charge in [0.25, 0.3) is 5.91 Å². The van der Waals surface area contributed by atoms with Gasteiger partial charge in [0.15, 0.2) is 0 Å². The third-order valence-corrected chi connectivity index (χ3v) is 6.18. The first-order chi connectivity index (χ1) is 15.1. The smallest absolute Gasteiger partial charge is 0.254 e. The minimum atomic E-state index is -0.00345. The Bertz CT molecular complexity index is 919. The number of aromatic nitrogens is 1. The van der Waals surface area contributed by atoms with Crippen LogP contribution in [0.4, 0.5) is 5.82 Å². The van der Waals surface area contributed by atoms with E-state index in [9.17, 15) is 9.59 Å². The largest absolute Gasteiger partial charge is 0.497 e. The molecule has 0 radical (unpaired) electrons. The lowest BCUT2D eigenvalue weighted by Crippen LogP contribution is -2.40. The molecule has 1 N–H and O–H groups in total. The van der Waals surface area contributed by atoms with Gasteiger partial charge in [-0.05, 0) is 55.5 Å². The number of carbonyl (C=O) groups is 2. The molecular formula is C24H30N4O3. The zero-order valence-corrected chi connectivity index (χ0v) is 18.0. The maximum absolute atomic E-state index is 12.7. The molecule has 0 aliphatic carbocycles. The van der Waals surface area contributed by atoms with Crippen LogP contribution in [0.15, 0.2) is 42.6 Å². The number of anilines is 1.